The number of rotatable bonds is 1. The lowest BCUT2D eigenvalue weighted by atomic mass is 9.95. The van der Waals surface area contributed by atoms with Gasteiger partial charge in [0.1, 0.15) is 11.8 Å². The lowest BCUT2D eigenvalue weighted by Crippen LogP contribution is -2.27. The minimum atomic E-state index is 0. The summed E-state index contributed by atoms with van der Waals surface area (Å²) in [6.45, 7) is 2.13. The first-order chi connectivity index (χ1) is 8.27. The highest BCUT2D eigenvalue weighted by Crippen LogP contribution is 2.32. The minimum Gasteiger partial charge on any atom is -0.382 e. The van der Waals surface area contributed by atoms with Crippen molar-refractivity contribution in [3.05, 3.63) is 22.6 Å². The smallest absolute Gasteiger partial charge is 0.152 e. The van der Waals surface area contributed by atoms with E-state index in [4.69, 9.17) is 5.73 Å². The summed E-state index contributed by atoms with van der Waals surface area (Å²) >= 11 is 3.54. The number of anilines is 1. The molecule has 0 spiro atoms. The van der Waals surface area contributed by atoms with Crippen molar-refractivity contribution in [1.82, 2.24) is 19.9 Å². The number of nitrogens with two attached hydrogens (primary N) is 1. The summed E-state index contributed by atoms with van der Waals surface area (Å²) < 4.78 is 2.90. The normalized spacial score (nSPS) is 16.7. The highest BCUT2D eigenvalue weighted by Gasteiger charge is 2.21. The molecular weight excluding hydrogens is 318 g/mol. The fourth-order valence-electron chi connectivity index (χ4n) is 2.45. The zero-order valence-corrected chi connectivity index (χ0v) is 12.2. The molecule has 0 aromatic carbocycles. The first kappa shape index (κ1) is 13.6. The molecule has 3 N–H and O–H groups in total. The van der Waals surface area contributed by atoms with Crippen LogP contribution in [0.5, 0.6) is 0 Å². The molecule has 2 aromatic heterocycles. The lowest BCUT2D eigenvalue weighted by Gasteiger charge is -2.22. The minimum absolute atomic E-state index is 0. The molecule has 0 bridgehead atoms. The van der Waals surface area contributed by atoms with Gasteiger partial charge in [0, 0.05) is 16.1 Å². The molecule has 3 rings (SSSR count). The molecule has 18 heavy (non-hydrogen) atoms. The molecule has 5 nitrogen and oxygen atoms in total. The number of nitrogen functional groups attached to an aromatic ring is 1. The largest absolute Gasteiger partial charge is 0.382 e. The highest BCUT2D eigenvalue weighted by atomic mass is 79.9. The Balaban J connectivity index is 0.00000120. The topological polar surface area (TPSA) is 68.2 Å². The summed E-state index contributed by atoms with van der Waals surface area (Å²) in [4.78, 5) is 4.03. The maximum Gasteiger partial charge on any atom is 0.152 e. The summed E-state index contributed by atoms with van der Waals surface area (Å²) in [7, 11) is 0. The van der Waals surface area contributed by atoms with Crippen LogP contribution in [0.2, 0.25) is 0 Å². The van der Waals surface area contributed by atoms with Gasteiger partial charge in [-0.25, -0.2) is 9.50 Å². The number of halogens is 2. The molecule has 0 atom stereocenters. The Kier molecular flexibility index (Phi) is 4.09. The molecule has 1 fully saturated rings. The van der Waals surface area contributed by atoms with Crippen LogP contribution < -0.4 is 11.1 Å². The van der Waals surface area contributed by atoms with Crippen LogP contribution in [-0.4, -0.2) is 27.7 Å². The lowest BCUT2D eigenvalue weighted by molar-refractivity contribution is 0.448. The van der Waals surface area contributed by atoms with E-state index in [1.54, 1.807) is 0 Å². The summed E-state index contributed by atoms with van der Waals surface area (Å²) in [6, 6.07) is 2.12. The van der Waals surface area contributed by atoms with Crippen molar-refractivity contribution >= 4 is 39.7 Å². The average molecular weight is 333 g/mol. The van der Waals surface area contributed by atoms with E-state index >= 15 is 0 Å². The number of hydrogen-bond acceptors (Lipinski definition) is 4. The van der Waals surface area contributed by atoms with Crippen LogP contribution in [0.25, 0.3) is 5.52 Å². The van der Waals surface area contributed by atoms with Gasteiger partial charge in [0.15, 0.2) is 5.82 Å². The van der Waals surface area contributed by atoms with Gasteiger partial charge in [-0.2, -0.15) is 5.10 Å². The predicted octanol–water partition coefficient (Wildman–Crippen LogP) is 1.96. The van der Waals surface area contributed by atoms with Crippen LogP contribution in [0.1, 0.15) is 24.5 Å². The molecule has 1 aliphatic rings. The Morgan fingerprint density at radius 3 is 2.83 bits per heavy atom. The van der Waals surface area contributed by atoms with Gasteiger partial charge in [0.25, 0.3) is 0 Å². The Bertz CT molecular complexity index is 550. The van der Waals surface area contributed by atoms with Gasteiger partial charge in [-0.05, 0) is 47.9 Å². The van der Waals surface area contributed by atoms with Gasteiger partial charge >= 0.3 is 0 Å². The van der Waals surface area contributed by atoms with Crippen LogP contribution in [-0.2, 0) is 0 Å². The molecule has 7 heteroatoms. The molecule has 1 aliphatic heterocycles. The number of fused-ring (bicyclic) bond motifs is 1. The van der Waals surface area contributed by atoms with Crippen molar-refractivity contribution in [2.45, 2.75) is 18.8 Å². The zero-order valence-electron chi connectivity index (χ0n) is 9.77. The second kappa shape index (κ2) is 5.42. The van der Waals surface area contributed by atoms with Crippen molar-refractivity contribution < 1.29 is 0 Å². The molecule has 2 aromatic rings. The van der Waals surface area contributed by atoms with Crippen LogP contribution in [0.15, 0.2) is 16.9 Å². The second-order valence-electron chi connectivity index (χ2n) is 4.35. The molecule has 0 saturated carbocycles. The Hall–Kier alpha value is -0.850. The molecule has 0 aliphatic carbocycles. The third-order valence-electron chi connectivity index (χ3n) is 3.32. The summed E-state index contributed by atoms with van der Waals surface area (Å²) in [5.41, 5.74) is 7.99. The second-order valence-corrected chi connectivity index (χ2v) is 5.20. The van der Waals surface area contributed by atoms with Gasteiger partial charge in [-0.3, -0.25) is 0 Å². The van der Waals surface area contributed by atoms with Crippen molar-refractivity contribution in [1.29, 1.82) is 0 Å². The number of nitrogens with zero attached hydrogens (tertiary/aromatic N) is 3. The van der Waals surface area contributed by atoms with E-state index in [1.165, 1.54) is 12.0 Å². The van der Waals surface area contributed by atoms with Crippen molar-refractivity contribution in [3.8, 4) is 0 Å². The SMILES string of the molecule is Cl.Nc1ncnn2c(C3CCNCC3)cc(Br)c12. The van der Waals surface area contributed by atoms with E-state index < -0.39 is 0 Å². The van der Waals surface area contributed by atoms with Gasteiger partial charge < -0.3 is 11.1 Å². The van der Waals surface area contributed by atoms with Crippen LogP contribution in [0, 0.1) is 0 Å². The molecular formula is C11H15BrClN5. The predicted molar refractivity (Wildman–Crippen MR) is 77.2 cm³/mol. The molecule has 0 amide bonds. The number of piperidine rings is 1. The van der Waals surface area contributed by atoms with Crippen molar-refractivity contribution in [2.75, 3.05) is 18.8 Å². The summed E-state index contributed by atoms with van der Waals surface area (Å²) in [6.07, 6.45) is 3.80. The monoisotopic (exact) mass is 331 g/mol. The zero-order chi connectivity index (χ0) is 11.8. The van der Waals surface area contributed by atoms with Crippen molar-refractivity contribution in [2.24, 2.45) is 0 Å². The third kappa shape index (κ3) is 2.20. The maximum atomic E-state index is 5.89. The fraction of sp³-hybridized carbons (Fsp3) is 0.455. The quantitative estimate of drug-likeness (QED) is 0.838. The van der Waals surface area contributed by atoms with Gasteiger partial charge in [0.05, 0.1) is 0 Å². The van der Waals surface area contributed by atoms with Crippen LogP contribution in [0.4, 0.5) is 5.82 Å². The Morgan fingerprint density at radius 2 is 2.11 bits per heavy atom. The van der Waals surface area contributed by atoms with E-state index in [9.17, 15) is 0 Å². The van der Waals surface area contributed by atoms with E-state index in [0.717, 1.165) is 35.9 Å². The standard InChI is InChI=1S/C11H14BrN5.ClH/c12-8-5-9(7-1-3-14-4-2-7)17-10(8)11(13)15-6-16-17;/h5-7,14H,1-4H2,(H2,13,15,16);1H. The first-order valence-corrected chi connectivity index (χ1v) is 6.55. The van der Waals surface area contributed by atoms with Crippen LogP contribution in [0.3, 0.4) is 0 Å². The third-order valence-corrected chi connectivity index (χ3v) is 3.93. The molecule has 0 radical (unpaired) electrons. The molecule has 0 unspecified atom stereocenters. The van der Waals surface area contributed by atoms with Crippen LogP contribution >= 0.6 is 28.3 Å². The van der Waals surface area contributed by atoms with Crippen molar-refractivity contribution in [3.63, 3.8) is 0 Å². The first-order valence-electron chi connectivity index (χ1n) is 5.75. The van der Waals surface area contributed by atoms with Gasteiger partial charge in [-0.15, -0.1) is 12.4 Å². The fourth-order valence-corrected chi connectivity index (χ4v) is 3.06. The Morgan fingerprint density at radius 1 is 1.39 bits per heavy atom. The number of aromatic nitrogens is 3. The van der Waals surface area contributed by atoms with E-state index in [2.05, 4.69) is 37.4 Å². The number of hydrogen-bond donors (Lipinski definition) is 2. The maximum absolute atomic E-state index is 5.89. The molecule has 98 valence electrons. The molecule has 1 saturated heterocycles. The summed E-state index contributed by atoms with van der Waals surface area (Å²) in [5, 5.41) is 7.69. The summed E-state index contributed by atoms with van der Waals surface area (Å²) in [5.74, 6) is 1.07. The van der Waals surface area contributed by atoms with E-state index in [1.807, 2.05) is 4.52 Å². The average Bonchev–Trinajstić information content (AvgIpc) is 2.69. The molecule has 3 heterocycles. The number of nitrogens with one attached hydrogen (secondary N) is 1. The van der Waals surface area contributed by atoms with E-state index in [0.29, 0.717) is 11.7 Å². The Labute approximate surface area is 120 Å². The van der Waals surface area contributed by atoms with Gasteiger partial charge in [0.2, 0.25) is 0 Å². The highest BCUT2D eigenvalue weighted by molar-refractivity contribution is 9.10. The van der Waals surface area contributed by atoms with E-state index in [-0.39, 0.29) is 12.4 Å². The van der Waals surface area contributed by atoms with Gasteiger partial charge in [-0.1, -0.05) is 0 Å².